The van der Waals surface area contributed by atoms with Crippen molar-refractivity contribution in [1.82, 2.24) is 10.2 Å². The summed E-state index contributed by atoms with van der Waals surface area (Å²) in [6.45, 7) is 6.53. The molecular weight excluding hydrogens is 184 g/mol. The van der Waals surface area contributed by atoms with Crippen molar-refractivity contribution in [3.8, 4) is 0 Å². The van der Waals surface area contributed by atoms with Gasteiger partial charge in [0.15, 0.2) is 0 Å². The summed E-state index contributed by atoms with van der Waals surface area (Å²) in [5, 5.41) is 11.2. The molecule has 1 unspecified atom stereocenters. The highest BCUT2D eigenvalue weighted by molar-refractivity contribution is 5.86. The van der Waals surface area contributed by atoms with E-state index in [9.17, 15) is 9.59 Å². The Bertz CT molecular complexity index is 257. The summed E-state index contributed by atoms with van der Waals surface area (Å²) in [6, 6.07) is -0.782. The molecule has 14 heavy (non-hydrogen) atoms. The van der Waals surface area contributed by atoms with Gasteiger partial charge in [-0.2, -0.15) is 0 Å². The molecule has 1 rings (SSSR count). The van der Waals surface area contributed by atoms with Gasteiger partial charge in [0.2, 0.25) is 5.91 Å². The van der Waals surface area contributed by atoms with Gasteiger partial charge in [-0.25, -0.2) is 4.79 Å². The molecule has 5 nitrogen and oxygen atoms in total. The van der Waals surface area contributed by atoms with Crippen molar-refractivity contribution < 1.29 is 14.7 Å². The lowest BCUT2D eigenvalue weighted by Gasteiger charge is -2.40. The summed E-state index contributed by atoms with van der Waals surface area (Å²) in [5.41, 5.74) is -0.175. The number of nitrogens with one attached hydrogen (secondary N) is 1. The summed E-state index contributed by atoms with van der Waals surface area (Å²) in [6.07, 6.45) is 0. The molecule has 5 heteroatoms. The monoisotopic (exact) mass is 200 g/mol. The first-order valence-corrected chi connectivity index (χ1v) is 4.58. The normalized spacial score (nSPS) is 24.5. The van der Waals surface area contributed by atoms with Gasteiger partial charge in [-0.05, 0) is 20.8 Å². The Hall–Kier alpha value is -1.10. The number of carbonyl (C=O) groups is 2. The standard InChI is InChI=1S/C9H16N2O3/c1-9(2,3)11-4-6(8(13)14)10-7(12)5-11/h6H,4-5H2,1-3H3,(H,10,12)(H,13,14). The zero-order valence-electron chi connectivity index (χ0n) is 8.70. The maximum absolute atomic E-state index is 11.2. The van der Waals surface area contributed by atoms with E-state index in [0.29, 0.717) is 6.54 Å². The topological polar surface area (TPSA) is 69.6 Å². The first kappa shape index (κ1) is 11.0. The van der Waals surface area contributed by atoms with Gasteiger partial charge in [0.1, 0.15) is 6.04 Å². The largest absolute Gasteiger partial charge is 0.480 e. The van der Waals surface area contributed by atoms with Gasteiger partial charge in [0.25, 0.3) is 0 Å². The van der Waals surface area contributed by atoms with Gasteiger partial charge in [0.05, 0.1) is 6.54 Å². The van der Waals surface area contributed by atoms with Crippen LogP contribution >= 0.6 is 0 Å². The van der Waals surface area contributed by atoms with Crippen molar-refractivity contribution in [3.05, 3.63) is 0 Å². The van der Waals surface area contributed by atoms with Crippen LogP contribution in [-0.2, 0) is 9.59 Å². The summed E-state index contributed by atoms with van der Waals surface area (Å²) in [5.74, 6) is -1.20. The molecule has 0 saturated carbocycles. The van der Waals surface area contributed by atoms with Crippen LogP contribution < -0.4 is 5.32 Å². The van der Waals surface area contributed by atoms with E-state index in [4.69, 9.17) is 5.11 Å². The van der Waals surface area contributed by atoms with Crippen LogP contribution in [0.3, 0.4) is 0 Å². The summed E-state index contributed by atoms with van der Waals surface area (Å²) >= 11 is 0. The van der Waals surface area contributed by atoms with Crippen LogP contribution in [0.1, 0.15) is 20.8 Å². The smallest absolute Gasteiger partial charge is 0.327 e. The molecule has 1 heterocycles. The van der Waals surface area contributed by atoms with Gasteiger partial charge in [0, 0.05) is 12.1 Å². The zero-order valence-corrected chi connectivity index (χ0v) is 8.70. The molecule has 0 aliphatic carbocycles. The maximum Gasteiger partial charge on any atom is 0.327 e. The van der Waals surface area contributed by atoms with E-state index >= 15 is 0 Å². The quantitative estimate of drug-likeness (QED) is 0.608. The number of carboxylic acids is 1. The van der Waals surface area contributed by atoms with Crippen LogP contribution in [0, 0.1) is 0 Å². The first-order valence-electron chi connectivity index (χ1n) is 4.58. The molecule has 2 N–H and O–H groups in total. The highest BCUT2D eigenvalue weighted by Crippen LogP contribution is 2.15. The second-order valence-electron chi connectivity index (χ2n) is 4.51. The van der Waals surface area contributed by atoms with E-state index in [1.165, 1.54) is 0 Å². The Kier molecular flexibility index (Phi) is 2.80. The Morgan fingerprint density at radius 2 is 2.14 bits per heavy atom. The lowest BCUT2D eigenvalue weighted by molar-refractivity contribution is -0.146. The number of carboxylic acid groups (broad SMARTS) is 1. The fourth-order valence-electron chi connectivity index (χ4n) is 1.39. The molecule has 0 bridgehead atoms. The van der Waals surface area contributed by atoms with Crippen molar-refractivity contribution >= 4 is 11.9 Å². The van der Waals surface area contributed by atoms with E-state index in [2.05, 4.69) is 5.32 Å². The van der Waals surface area contributed by atoms with E-state index in [1.807, 2.05) is 25.7 Å². The first-order chi connectivity index (χ1) is 6.30. The van der Waals surface area contributed by atoms with Crippen molar-refractivity contribution in [3.63, 3.8) is 0 Å². The highest BCUT2D eigenvalue weighted by Gasteiger charge is 2.34. The SMILES string of the molecule is CC(C)(C)N1CC(=O)NC(C(=O)O)C1. The van der Waals surface area contributed by atoms with Gasteiger partial charge in [-0.15, -0.1) is 0 Å². The third-order valence-corrected chi connectivity index (χ3v) is 2.32. The van der Waals surface area contributed by atoms with Gasteiger partial charge in [-0.3, -0.25) is 9.69 Å². The molecule has 1 aliphatic heterocycles. The van der Waals surface area contributed by atoms with E-state index in [-0.39, 0.29) is 18.0 Å². The second kappa shape index (κ2) is 3.57. The molecule has 0 radical (unpaired) electrons. The Balaban J connectivity index is 2.73. The summed E-state index contributed by atoms with van der Waals surface area (Å²) in [7, 11) is 0. The second-order valence-corrected chi connectivity index (χ2v) is 4.51. The molecule has 1 saturated heterocycles. The number of amides is 1. The summed E-state index contributed by atoms with van der Waals surface area (Å²) < 4.78 is 0. The van der Waals surface area contributed by atoms with Gasteiger partial charge < -0.3 is 10.4 Å². The van der Waals surface area contributed by atoms with Crippen molar-refractivity contribution in [1.29, 1.82) is 0 Å². The van der Waals surface area contributed by atoms with Crippen molar-refractivity contribution in [2.45, 2.75) is 32.4 Å². The number of hydrogen-bond donors (Lipinski definition) is 2. The number of nitrogens with zero attached hydrogens (tertiary/aromatic N) is 1. The number of piperazine rings is 1. The number of carbonyl (C=O) groups excluding carboxylic acids is 1. The average Bonchev–Trinajstić information content (AvgIpc) is 2.01. The van der Waals surface area contributed by atoms with Crippen molar-refractivity contribution in [2.24, 2.45) is 0 Å². The Morgan fingerprint density at radius 1 is 1.57 bits per heavy atom. The number of aliphatic carboxylic acids is 1. The fourth-order valence-corrected chi connectivity index (χ4v) is 1.39. The molecule has 0 aromatic rings. The third kappa shape index (κ3) is 2.45. The Morgan fingerprint density at radius 3 is 2.57 bits per heavy atom. The third-order valence-electron chi connectivity index (χ3n) is 2.32. The minimum absolute atomic E-state index is 0.175. The van der Waals surface area contributed by atoms with Crippen LogP contribution in [0.5, 0.6) is 0 Å². The molecule has 1 aliphatic rings. The molecule has 80 valence electrons. The van der Waals surface area contributed by atoms with E-state index in [1.54, 1.807) is 0 Å². The predicted molar refractivity (Wildman–Crippen MR) is 50.9 cm³/mol. The van der Waals surface area contributed by atoms with Crippen LogP contribution in [0.2, 0.25) is 0 Å². The average molecular weight is 200 g/mol. The van der Waals surface area contributed by atoms with Crippen molar-refractivity contribution in [2.75, 3.05) is 13.1 Å². The lowest BCUT2D eigenvalue weighted by atomic mass is 10.0. The zero-order chi connectivity index (χ0) is 10.9. The fraction of sp³-hybridized carbons (Fsp3) is 0.778. The minimum Gasteiger partial charge on any atom is -0.480 e. The highest BCUT2D eigenvalue weighted by atomic mass is 16.4. The van der Waals surface area contributed by atoms with Crippen LogP contribution in [0.15, 0.2) is 0 Å². The Labute approximate surface area is 83.1 Å². The van der Waals surface area contributed by atoms with Crippen LogP contribution in [0.25, 0.3) is 0 Å². The van der Waals surface area contributed by atoms with Crippen LogP contribution in [0.4, 0.5) is 0 Å². The number of rotatable bonds is 1. The lowest BCUT2D eigenvalue weighted by Crippen LogP contribution is -2.61. The minimum atomic E-state index is -0.979. The number of hydrogen-bond acceptors (Lipinski definition) is 3. The molecule has 0 spiro atoms. The maximum atomic E-state index is 11.2. The molecule has 0 aromatic carbocycles. The van der Waals surface area contributed by atoms with Crippen LogP contribution in [-0.4, -0.2) is 46.6 Å². The molecule has 0 aromatic heterocycles. The molecule has 1 fully saturated rings. The van der Waals surface area contributed by atoms with Gasteiger partial charge >= 0.3 is 5.97 Å². The molecule has 1 atom stereocenters. The molecule has 1 amide bonds. The van der Waals surface area contributed by atoms with Gasteiger partial charge in [-0.1, -0.05) is 0 Å². The van der Waals surface area contributed by atoms with E-state index < -0.39 is 12.0 Å². The molecular formula is C9H16N2O3. The predicted octanol–water partition coefficient (Wildman–Crippen LogP) is -0.330. The van der Waals surface area contributed by atoms with E-state index in [0.717, 1.165) is 0 Å². The summed E-state index contributed by atoms with van der Waals surface area (Å²) in [4.78, 5) is 23.8.